The van der Waals surface area contributed by atoms with E-state index in [4.69, 9.17) is 9.47 Å². The Labute approximate surface area is 140 Å². The van der Waals surface area contributed by atoms with Gasteiger partial charge in [0, 0.05) is 19.5 Å². The summed E-state index contributed by atoms with van der Waals surface area (Å²) in [4.78, 5) is 23.5. The summed E-state index contributed by atoms with van der Waals surface area (Å²) in [6, 6.07) is 5.60. The fourth-order valence-corrected chi connectivity index (χ4v) is 4.32. The van der Waals surface area contributed by atoms with Crippen LogP contribution in [0.4, 0.5) is 0 Å². The molecule has 2 aliphatic rings. The number of carbonyl (C=O) groups excluding carboxylic acids is 2. The first-order valence-corrected chi connectivity index (χ1v) is 9.40. The van der Waals surface area contributed by atoms with E-state index in [0.717, 1.165) is 19.3 Å². The largest absolute Gasteiger partial charge is 0.463 e. The average Bonchev–Trinajstić information content (AvgIpc) is 3.00. The van der Waals surface area contributed by atoms with Gasteiger partial charge in [0.25, 0.3) is 0 Å². The Morgan fingerprint density at radius 3 is 2.38 bits per heavy atom. The Morgan fingerprint density at radius 1 is 1.12 bits per heavy atom. The normalized spacial score (nSPS) is 22.2. The number of benzene rings is 1. The number of piperidine rings is 1. The van der Waals surface area contributed by atoms with Gasteiger partial charge >= 0.3 is 11.9 Å². The summed E-state index contributed by atoms with van der Waals surface area (Å²) >= 11 is 0. The predicted octanol–water partition coefficient (Wildman–Crippen LogP) is 1.33. The standard InChI is InChI=1S/C16H19NO6S/c18-15(23-14-8-11-22-16(14)19)12-4-6-13(7-5-12)24(20,21)17-9-2-1-3-10-17/h4-7,14H,1-3,8-11H2/t14-/m1/s1. The molecule has 2 aliphatic heterocycles. The highest BCUT2D eigenvalue weighted by atomic mass is 32.2. The third-order valence-corrected chi connectivity index (χ3v) is 6.09. The lowest BCUT2D eigenvalue weighted by Crippen LogP contribution is -2.35. The zero-order chi connectivity index (χ0) is 17.2. The van der Waals surface area contributed by atoms with E-state index in [0.29, 0.717) is 19.5 Å². The molecule has 1 aromatic rings. The van der Waals surface area contributed by atoms with E-state index in [1.165, 1.54) is 28.6 Å². The first-order chi connectivity index (χ1) is 11.5. The molecule has 0 spiro atoms. The van der Waals surface area contributed by atoms with E-state index >= 15 is 0 Å². The maximum absolute atomic E-state index is 12.5. The van der Waals surface area contributed by atoms with Crippen molar-refractivity contribution in [2.75, 3.05) is 19.7 Å². The van der Waals surface area contributed by atoms with Crippen LogP contribution >= 0.6 is 0 Å². The first-order valence-electron chi connectivity index (χ1n) is 7.96. The van der Waals surface area contributed by atoms with Gasteiger partial charge in [-0.3, -0.25) is 0 Å². The molecule has 0 unspecified atom stereocenters. The van der Waals surface area contributed by atoms with Gasteiger partial charge in [0.15, 0.2) is 0 Å². The minimum absolute atomic E-state index is 0.154. The van der Waals surface area contributed by atoms with Gasteiger partial charge in [0.05, 0.1) is 17.1 Å². The van der Waals surface area contributed by atoms with Gasteiger partial charge in [-0.15, -0.1) is 0 Å². The van der Waals surface area contributed by atoms with Crippen LogP contribution in [0.1, 0.15) is 36.0 Å². The van der Waals surface area contributed by atoms with Crippen LogP contribution in [0.2, 0.25) is 0 Å². The fraction of sp³-hybridized carbons (Fsp3) is 0.500. The van der Waals surface area contributed by atoms with Crippen LogP contribution in [0.25, 0.3) is 0 Å². The number of nitrogens with zero attached hydrogens (tertiary/aromatic N) is 1. The molecule has 0 saturated carbocycles. The summed E-state index contributed by atoms with van der Waals surface area (Å²) in [5.74, 6) is -1.21. The van der Waals surface area contributed by atoms with Gasteiger partial charge in [-0.05, 0) is 37.1 Å². The quantitative estimate of drug-likeness (QED) is 0.759. The van der Waals surface area contributed by atoms with Gasteiger partial charge < -0.3 is 9.47 Å². The number of rotatable bonds is 4. The summed E-state index contributed by atoms with van der Waals surface area (Å²) in [5, 5.41) is 0. The minimum atomic E-state index is -3.53. The van der Waals surface area contributed by atoms with Gasteiger partial charge in [-0.2, -0.15) is 4.31 Å². The Kier molecular flexibility index (Phi) is 4.86. The molecule has 130 valence electrons. The Bertz CT molecular complexity index is 721. The van der Waals surface area contributed by atoms with Crippen LogP contribution in [0.3, 0.4) is 0 Å². The number of hydrogen-bond donors (Lipinski definition) is 0. The third kappa shape index (κ3) is 3.44. The van der Waals surface area contributed by atoms with Crippen LogP contribution in [-0.4, -0.2) is 50.5 Å². The Balaban J connectivity index is 1.70. The van der Waals surface area contributed by atoms with Crippen LogP contribution in [0.5, 0.6) is 0 Å². The van der Waals surface area contributed by atoms with Gasteiger partial charge in [-0.25, -0.2) is 18.0 Å². The Hall–Kier alpha value is -1.93. The van der Waals surface area contributed by atoms with Crippen molar-refractivity contribution in [1.82, 2.24) is 4.31 Å². The number of carbonyl (C=O) groups is 2. The zero-order valence-corrected chi connectivity index (χ0v) is 14.0. The van der Waals surface area contributed by atoms with Crippen molar-refractivity contribution >= 4 is 22.0 Å². The molecule has 3 rings (SSSR count). The second-order valence-electron chi connectivity index (χ2n) is 5.84. The molecular formula is C16H19NO6S. The second kappa shape index (κ2) is 6.90. The monoisotopic (exact) mass is 353 g/mol. The number of sulfonamides is 1. The number of cyclic esters (lactones) is 1. The molecular weight excluding hydrogens is 334 g/mol. The molecule has 0 N–H and O–H groups in total. The molecule has 1 atom stereocenters. The molecule has 0 radical (unpaired) electrons. The number of hydrogen-bond acceptors (Lipinski definition) is 6. The summed E-state index contributed by atoms with van der Waals surface area (Å²) in [6.07, 6.45) is 2.23. The maximum atomic E-state index is 12.5. The minimum Gasteiger partial charge on any atom is -0.463 e. The van der Waals surface area contributed by atoms with Crippen LogP contribution in [0, 0.1) is 0 Å². The highest BCUT2D eigenvalue weighted by Gasteiger charge is 2.31. The van der Waals surface area contributed by atoms with Crippen LogP contribution < -0.4 is 0 Å². The predicted molar refractivity (Wildman–Crippen MR) is 83.8 cm³/mol. The molecule has 0 amide bonds. The Morgan fingerprint density at radius 2 is 1.79 bits per heavy atom. The molecule has 0 bridgehead atoms. The maximum Gasteiger partial charge on any atom is 0.347 e. The van der Waals surface area contributed by atoms with E-state index < -0.39 is 28.1 Å². The molecule has 0 aromatic heterocycles. The highest BCUT2D eigenvalue weighted by molar-refractivity contribution is 7.89. The topological polar surface area (TPSA) is 90.0 Å². The van der Waals surface area contributed by atoms with Crippen molar-refractivity contribution in [2.45, 2.75) is 36.7 Å². The van der Waals surface area contributed by atoms with Crippen molar-refractivity contribution in [1.29, 1.82) is 0 Å². The highest BCUT2D eigenvalue weighted by Crippen LogP contribution is 2.21. The summed E-state index contributed by atoms with van der Waals surface area (Å²) in [7, 11) is -3.53. The second-order valence-corrected chi connectivity index (χ2v) is 7.78. The first kappa shape index (κ1) is 16.9. The van der Waals surface area contributed by atoms with Crippen molar-refractivity contribution in [2.24, 2.45) is 0 Å². The molecule has 8 heteroatoms. The summed E-state index contributed by atoms with van der Waals surface area (Å²) < 4.78 is 36.4. The third-order valence-electron chi connectivity index (χ3n) is 4.18. The fourth-order valence-electron chi connectivity index (χ4n) is 2.80. The lowest BCUT2D eigenvalue weighted by Gasteiger charge is -2.25. The molecule has 2 fully saturated rings. The van der Waals surface area contributed by atoms with Gasteiger partial charge in [-0.1, -0.05) is 6.42 Å². The number of ether oxygens (including phenoxy) is 2. The lowest BCUT2D eigenvalue weighted by molar-refractivity contribution is -0.145. The van der Waals surface area contributed by atoms with E-state index in [2.05, 4.69) is 0 Å². The number of esters is 2. The van der Waals surface area contributed by atoms with Crippen LogP contribution in [0.15, 0.2) is 29.2 Å². The van der Waals surface area contributed by atoms with E-state index in [9.17, 15) is 18.0 Å². The van der Waals surface area contributed by atoms with E-state index in [-0.39, 0.29) is 17.1 Å². The molecule has 0 aliphatic carbocycles. The molecule has 7 nitrogen and oxygen atoms in total. The average molecular weight is 353 g/mol. The van der Waals surface area contributed by atoms with Gasteiger partial charge in [0.1, 0.15) is 0 Å². The van der Waals surface area contributed by atoms with Gasteiger partial charge in [0.2, 0.25) is 16.1 Å². The van der Waals surface area contributed by atoms with E-state index in [1.54, 1.807) is 0 Å². The van der Waals surface area contributed by atoms with Crippen molar-refractivity contribution in [3.8, 4) is 0 Å². The molecule has 2 heterocycles. The summed E-state index contributed by atoms with van der Waals surface area (Å²) in [5.41, 5.74) is 0.201. The molecule has 2 saturated heterocycles. The van der Waals surface area contributed by atoms with Crippen LogP contribution in [-0.2, 0) is 24.3 Å². The van der Waals surface area contributed by atoms with Crippen molar-refractivity contribution in [3.05, 3.63) is 29.8 Å². The molecule has 1 aromatic carbocycles. The van der Waals surface area contributed by atoms with Crippen molar-refractivity contribution < 1.29 is 27.5 Å². The van der Waals surface area contributed by atoms with E-state index in [1.807, 2.05) is 0 Å². The molecule has 24 heavy (non-hydrogen) atoms. The van der Waals surface area contributed by atoms with Crippen molar-refractivity contribution in [3.63, 3.8) is 0 Å². The lowest BCUT2D eigenvalue weighted by atomic mass is 10.2. The smallest absolute Gasteiger partial charge is 0.347 e. The zero-order valence-electron chi connectivity index (χ0n) is 13.1. The summed E-state index contributed by atoms with van der Waals surface area (Å²) in [6.45, 7) is 1.29. The SMILES string of the molecule is O=C(O[C@@H]1CCOC1=O)c1ccc(S(=O)(=O)N2CCCCC2)cc1.